The maximum absolute atomic E-state index is 12.6. The topological polar surface area (TPSA) is 71.1 Å². The van der Waals surface area contributed by atoms with E-state index in [1.165, 1.54) is 0 Å². The molecule has 186 valence electrons. The van der Waals surface area contributed by atoms with E-state index >= 15 is 0 Å². The van der Waals surface area contributed by atoms with Gasteiger partial charge in [0.05, 0.1) is 0 Å². The molecule has 2 atom stereocenters. The Balaban J connectivity index is 1.83. The molecular weight excluding hydrogens is 406 g/mol. The van der Waals surface area contributed by atoms with Crippen LogP contribution < -0.4 is 5.32 Å². The van der Waals surface area contributed by atoms with Gasteiger partial charge in [-0.2, -0.15) is 0 Å². The largest absolute Gasteiger partial charge is 0.444 e. The minimum atomic E-state index is -0.463. The first-order valence-electron chi connectivity index (χ1n) is 12.4. The van der Waals surface area contributed by atoms with Gasteiger partial charge in [-0.15, -0.1) is 0 Å². The Kier molecular flexibility index (Phi) is 8.88. The van der Waals surface area contributed by atoms with Crippen LogP contribution in [0.5, 0.6) is 0 Å². The van der Waals surface area contributed by atoms with E-state index in [1.807, 2.05) is 51.3 Å². The number of nitrogens with one attached hydrogen (secondary N) is 1. The minimum absolute atomic E-state index is 0.188. The van der Waals surface area contributed by atoms with E-state index in [0.717, 1.165) is 64.7 Å². The van der Waals surface area contributed by atoms with Crippen molar-refractivity contribution < 1.29 is 19.1 Å². The molecule has 0 spiro atoms. The van der Waals surface area contributed by atoms with E-state index in [4.69, 9.17) is 9.47 Å². The molecule has 2 aliphatic rings. The van der Waals surface area contributed by atoms with Crippen LogP contribution in [0, 0.1) is 5.41 Å². The van der Waals surface area contributed by atoms with Gasteiger partial charge in [-0.05, 0) is 92.4 Å². The van der Waals surface area contributed by atoms with Crippen molar-refractivity contribution in [3.05, 3.63) is 0 Å². The molecule has 0 radical (unpaired) electrons. The van der Waals surface area contributed by atoms with Crippen LogP contribution in [0.4, 0.5) is 9.59 Å². The Bertz CT molecular complexity index is 630. The van der Waals surface area contributed by atoms with Gasteiger partial charge in [0.25, 0.3) is 0 Å². The van der Waals surface area contributed by atoms with Gasteiger partial charge in [0.2, 0.25) is 0 Å². The van der Waals surface area contributed by atoms with Gasteiger partial charge in [-0.25, -0.2) is 9.59 Å². The Morgan fingerprint density at radius 1 is 1.00 bits per heavy atom. The molecule has 2 rings (SSSR count). The standard InChI is InChI=1S/C25H47N3O4/c1-9-25(12-15-27(16-13-25)21(29)31-23(3,4)5)18-26-19(2)17-20-11-10-14-28(20)22(30)32-24(6,7)8/h19-20,26H,9-18H2,1-8H3. The maximum Gasteiger partial charge on any atom is 0.410 e. The van der Waals surface area contributed by atoms with Crippen LogP contribution in [0.1, 0.15) is 93.9 Å². The van der Waals surface area contributed by atoms with Gasteiger partial charge in [0, 0.05) is 38.3 Å². The number of carbonyl (C=O) groups is 2. The summed E-state index contributed by atoms with van der Waals surface area (Å²) in [5.74, 6) is 0. The monoisotopic (exact) mass is 453 g/mol. The zero-order chi connectivity index (χ0) is 24.2. The fourth-order valence-electron chi connectivity index (χ4n) is 4.67. The van der Waals surface area contributed by atoms with Crippen molar-refractivity contribution in [2.45, 2.75) is 117 Å². The van der Waals surface area contributed by atoms with Crippen molar-refractivity contribution in [2.24, 2.45) is 5.41 Å². The molecule has 0 aromatic heterocycles. The number of nitrogens with zero attached hydrogens (tertiary/aromatic N) is 2. The third-order valence-corrected chi connectivity index (χ3v) is 6.68. The Labute approximate surface area is 195 Å². The zero-order valence-electron chi connectivity index (χ0n) is 21.8. The molecule has 32 heavy (non-hydrogen) atoms. The van der Waals surface area contributed by atoms with E-state index < -0.39 is 11.2 Å². The van der Waals surface area contributed by atoms with Crippen molar-refractivity contribution in [2.75, 3.05) is 26.2 Å². The predicted molar refractivity (Wildman–Crippen MR) is 128 cm³/mol. The SMILES string of the molecule is CCC1(CNC(C)CC2CCCN2C(=O)OC(C)(C)C)CCN(C(=O)OC(C)(C)C)CC1. The van der Waals surface area contributed by atoms with E-state index in [9.17, 15) is 9.59 Å². The van der Waals surface area contributed by atoms with Crippen molar-refractivity contribution >= 4 is 12.2 Å². The molecule has 7 heteroatoms. The molecule has 2 unspecified atom stereocenters. The highest BCUT2D eigenvalue weighted by molar-refractivity contribution is 5.69. The van der Waals surface area contributed by atoms with Gasteiger partial charge in [-0.1, -0.05) is 6.92 Å². The summed E-state index contributed by atoms with van der Waals surface area (Å²) >= 11 is 0. The second-order valence-electron chi connectivity index (χ2n) is 11.8. The van der Waals surface area contributed by atoms with Crippen LogP contribution in [-0.4, -0.2) is 71.5 Å². The maximum atomic E-state index is 12.6. The second kappa shape index (κ2) is 10.6. The fraction of sp³-hybridized carbons (Fsp3) is 0.920. The molecular formula is C25H47N3O4. The Morgan fingerprint density at radius 2 is 1.56 bits per heavy atom. The van der Waals surface area contributed by atoms with Crippen molar-refractivity contribution in [3.63, 3.8) is 0 Å². The predicted octanol–water partition coefficient (Wildman–Crippen LogP) is 5.18. The van der Waals surface area contributed by atoms with Gasteiger partial charge >= 0.3 is 12.2 Å². The van der Waals surface area contributed by atoms with Crippen molar-refractivity contribution in [3.8, 4) is 0 Å². The van der Waals surface area contributed by atoms with Crippen LogP contribution in [-0.2, 0) is 9.47 Å². The first-order valence-corrected chi connectivity index (χ1v) is 12.4. The molecule has 2 fully saturated rings. The van der Waals surface area contributed by atoms with Crippen LogP contribution in [0.15, 0.2) is 0 Å². The molecule has 7 nitrogen and oxygen atoms in total. The summed E-state index contributed by atoms with van der Waals surface area (Å²) in [5.41, 5.74) is -0.718. The zero-order valence-corrected chi connectivity index (χ0v) is 21.8. The van der Waals surface area contributed by atoms with Crippen molar-refractivity contribution in [1.82, 2.24) is 15.1 Å². The lowest BCUT2D eigenvalue weighted by Gasteiger charge is -2.42. The van der Waals surface area contributed by atoms with E-state index in [-0.39, 0.29) is 23.6 Å². The number of ether oxygens (including phenoxy) is 2. The summed E-state index contributed by atoms with van der Waals surface area (Å²) in [5, 5.41) is 3.75. The fourth-order valence-corrected chi connectivity index (χ4v) is 4.67. The van der Waals surface area contributed by atoms with Crippen molar-refractivity contribution in [1.29, 1.82) is 0 Å². The molecule has 2 aliphatic heterocycles. The summed E-state index contributed by atoms with van der Waals surface area (Å²) in [6.07, 6.45) is 5.67. The molecule has 0 saturated carbocycles. The van der Waals surface area contributed by atoms with E-state index in [1.54, 1.807) is 0 Å². The van der Waals surface area contributed by atoms with Crippen LogP contribution in [0.3, 0.4) is 0 Å². The molecule has 1 N–H and O–H groups in total. The van der Waals surface area contributed by atoms with Crippen LogP contribution >= 0.6 is 0 Å². The van der Waals surface area contributed by atoms with Gasteiger partial charge < -0.3 is 24.6 Å². The second-order valence-corrected chi connectivity index (χ2v) is 11.8. The van der Waals surface area contributed by atoms with E-state index in [0.29, 0.717) is 6.04 Å². The van der Waals surface area contributed by atoms with Gasteiger partial charge in [0.15, 0.2) is 0 Å². The van der Waals surface area contributed by atoms with Gasteiger partial charge in [-0.3, -0.25) is 0 Å². The van der Waals surface area contributed by atoms with Crippen LogP contribution in [0.2, 0.25) is 0 Å². The lowest BCUT2D eigenvalue weighted by atomic mass is 9.76. The average Bonchev–Trinajstić information content (AvgIpc) is 3.12. The summed E-state index contributed by atoms with van der Waals surface area (Å²) in [4.78, 5) is 28.7. The highest BCUT2D eigenvalue weighted by Gasteiger charge is 2.37. The lowest BCUT2D eigenvalue weighted by Crippen LogP contribution is -2.49. The lowest BCUT2D eigenvalue weighted by molar-refractivity contribution is 0.00853. The highest BCUT2D eigenvalue weighted by Crippen LogP contribution is 2.35. The summed E-state index contributed by atoms with van der Waals surface area (Å²) in [7, 11) is 0. The number of likely N-dealkylation sites (tertiary alicyclic amines) is 2. The number of piperidine rings is 1. The number of amides is 2. The van der Waals surface area contributed by atoms with Gasteiger partial charge in [0.1, 0.15) is 11.2 Å². The third-order valence-electron chi connectivity index (χ3n) is 6.68. The molecule has 2 amide bonds. The average molecular weight is 454 g/mol. The first-order chi connectivity index (χ1) is 14.7. The third kappa shape index (κ3) is 8.13. The number of hydrogen-bond acceptors (Lipinski definition) is 5. The molecule has 0 aliphatic carbocycles. The summed E-state index contributed by atoms with van der Waals surface area (Å²) < 4.78 is 11.1. The molecule has 0 bridgehead atoms. The number of rotatable bonds is 6. The smallest absolute Gasteiger partial charge is 0.410 e. The summed E-state index contributed by atoms with van der Waals surface area (Å²) in [6.45, 7) is 19.1. The van der Waals surface area contributed by atoms with Crippen LogP contribution in [0.25, 0.3) is 0 Å². The molecule has 0 aromatic rings. The Hall–Kier alpha value is -1.50. The highest BCUT2D eigenvalue weighted by atomic mass is 16.6. The minimum Gasteiger partial charge on any atom is -0.444 e. The first kappa shape index (κ1) is 26.7. The molecule has 2 heterocycles. The molecule has 2 saturated heterocycles. The quantitative estimate of drug-likeness (QED) is 0.600. The summed E-state index contributed by atoms with van der Waals surface area (Å²) in [6, 6.07) is 0.550. The Morgan fingerprint density at radius 3 is 2.09 bits per heavy atom. The molecule has 0 aromatic carbocycles. The van der Waals surface area contributed by atoms with E-state index in [2.05, 4.69) is 19.2 Å². The normalized spacial score (nSPS) is 22.6. The number of hydrogen-bond donors (Lipinski definition) is 1. The number of carbonyl (C=O) groups excluding carboxylic acids is 2.